The maximum Gasteiger partial charge on any atom is 3.00 e. The van der Waals surface area contributed by atoms with E-state index in [1.54, 1.807) is 24.8 Å². The number of aryl methyl sites for hydroxylation is 2. The molecule has 20 rings (SSSR count). The van der Waals surface area contributed by atoms with Crippen LogP contribution in [0.2, 0.25) is 0 Å². The maximum absolute atomic E-state index is 4.65. The van der Waals surface area contributed by atoms with Gasteiger partial charge in [-0.2, -0.15) is 30.3 Å². The van der Waals surface area contributed by atoms with E-state index in [1.165, 1.54) is 38.9 Å². The van der Waals surface area contributed by atoms with E-state index in [0.29, 0.717) is 5.92 Å². The van der Waals surface area contributed by atoms with Crippen LogP contribution in [0.15, 0.2) is 462 Å². The molecule has 0 saturated carbocycles. The van der Waals surface area contributed by atoms with Crippen molar-refractivity contribution in [1.82, 2.24) is 34.9 Å². The first-order chi connectivity index (χ1) is 61.7. The summed E-state index contributed by atoms with van der Waals surface area (Å²) in [5, 5.41) is 0. The van der Waals surface area contributed by atoms with Gasteiger partial charge in [0, 0.05) is 114 Å². The van der Waals surface area contributed by atoms with Crippen LogP contribution >= 0.6 is 0 Å². The van der Waals surface area contributed by atoms with E-state index in [2.05, 4.69) is 213 Å². The molecule has 0 spiro atoms. The Hall–Kier alpha value is -13.4. The minimum absolute atomic E-state index is 0. The molecule has 7 aromatic heterocycles. The average Bonchev–Trinajstić information content (AvgIpc) is 1.60. The summed E-state index contributed by atoms with van der Waals surface area (Å²) in [7, 11) is 0. The molecule has 19 aromatic rings. The van der Waals surface area contributed by atoms with Crippen LogP contribution in [0.1, 0.15) is 30.7 Å². The van der Waals surface area contributed by atoms with Crippen molar-refractivity contribution in [3.8, 4) is 112 Å². The van der Waals surface area contributed by atoms with Gasteiger partial charge >= 0.3 is 20.1 Å². The minimum atomic E-state index is 0. The van der Waals surface area contributed by atoms with Gasteiger partial charge in [-0.1, -0.05) is 196 Å². The third-order valence-corrected chi connectivity index (χ3v) is 19.3. The van der Waals surface area contributed by atoms with Crippen LogP contribution in [0.25, 0.3) is 112 Å². The molecule has 0 bridgehead atoms. The second-order valence-electron chi connectivity index (χ2n) is 28.8. The second kappa shape index (κ2) is 55.3. The average molecular weight is 2380 g/mol. The molecule has 0 unspecified atom stereocenters. The number of nitrogens with zero attached hydrogens (tertiary/aromatic N) is 9. The smallest absolute Gasteiger partial charge is 0.500 e. The molecule has 1 aliphatic heterocycles. The fourth-order valence-corrected chi connectivity index (χ4v) is 13.0. The molecular formula is C116H92Ir4N9-6. The summed E-state index contributed by atoms with van der Waals surface area (Å²) in [5.41, 5.74) is 27.1. The van der Waals surface area contributed by atoms with Gasteiger partial charge in [0.2, 0.25) is 0 Å². The van der Waals surface area contributed by atoms with E-state index in [-0.39, 0.29) is 80.4 Å². The summed E-state index contributed by atoms with van der Waals surface area (Å²) in [6.45, 7) is 10.7. The SMILES string of the molecule is CC(C)Cc1cccc(-c2[c-]cccc2)n1.Cc1cc(-c2[c-]cccc2)ncc1-c1ccccc1.Cc1ccccc1-c1ccc(-c2[c-]cccc2)nc1.[Ir+3].[Ir].[Ir].[Ir].[c-]1ccc(-c2ccccc2)cc1-c1ccccn1.[c-]1ccccc1-c1ccccn1.[c-]1ccccc1-c1ccccn1.[c-]1ccccc1-c1ccccn1.[c-]1ccccc1N1C=CN(c2ccccc2)[CH-]1. The van der Waals surface area contributed by atoms with E-state index in [1.807, 2.05) is 352 Å². The quantitative estimate of drug-likeness (QED) is 0.0986. The van der Waals surface area contributed by atoms with Crippen LogP contribution in [-0.2, 0) is 86.8 Å². The molecule has 0 atom stereocenters. The minimum Gasteiger partial charge on any atom is -0.500 e. The molecule has 13 heteroatoms. The molecule has 12 aromatic carbocycles. The van der Waals surface area contributed by atoms with Crippen molar-refractivity contribution in [2.45, 2.75) is 34.1 Å². The van der Waals surface area contributed by atoms with E-state index in [0.717, 1.165) is 108 Å². The monoisotopic (exact) mass is 2380 g/mol. The molecule has 0 amide bonds. The molecule has 0 fully saturated rings. The van der Waals surface area contributed by atoms with Gasteiger partial charge in [-0.25, -0.2) is 0 Å². The fourth-order valence-electron chi connectivity index (χ4n) is 13.0. The van der Waals surface area contributed by atoms with Crippen molar-refractivity contribution in [3.63, 3.8) is 0 Å². The van der Waals surface area contributed by atoms with E-state index >= 15 is 0 Å². The Balaban J connectivity index is 0.000000167. The van der Waals surface area contributed by atoms with Crippen molar-refractivity contribution in [2.75, 3.05) is 9.80 Å². The van der Waals surface area contributed by atoms with Gasteiger partial charge in [-0.3, -0.25) is 0 Å². The largest absolute Gasteiger partial charge is 3.00 e. The van der Waals surface area contributed by atoms with E-state index in [4.69, 9.17) is 0 Å². The van der Waals surface area contributed by atoms with E-state index in [9.17, 15) is 0 Å². The van der Waals surface area contributed by atoms with Gasteiger partial charge in [-0.15, -0.1) is 263 Å². The van der Waals surface area contributed by atoms with Crippen LogP contribution in [-0.4, -0.2) is 34.9 Å². The predicted octanol–water partition coefficient (Wildman–Crippen LogP) is 28.1. The molecule has 129 heavy (non-hydrogen) atoms. The first-order valence-electron chi connectivity index (χ1n) is 41.4. The maximum atomic E-state index is 4.65. The van der Waals surface area contributed by atoms with Gasteiger partial charge in [0.15, 0.2) is 0 Å². The number of aromatic nitrogens is 7. The van der Waals surface area contributed by atoms with Crippen molar-refractivity contribution in [3.05, 3.63) is 534 Å². The summed E-state index contributed by atoms with van der Waals surface area (Å²) >= 11 is 0. The Kier molecular flexibility index (Phi) is 42.6. The van der Waals surface area contributed by atoms with Gasteiger partial charge in [-0.05, 0) is 154 Å². The van der Waals surface area contributed by atoms with Gasteiger partial charge in [0.1, 0.15) is 0 Å². The fraction of sp³-hybridized carbons (Fsp3) is 0.0517. The molecule has 0 aliphatic carbocycles. The molecule has 0 saturated heterocycles. The Morgan fingerprint density at radius 3 is 1.09 bits per heavy atom. The van der Waals surface area contributed by atoms with Crippen LogP contribution in [0, 0.1) is 75.0 Å². The Labute approximate surface area is 815 Å². The van der Waals surface area contributed by atoms with Crippen LogP contribution in [0.4, 0.5) is 11.4 Å². The zero-order valence-electron chi connectivity index (χ0n) is 71.6. The van der Waals surface area contributed by atoms with Crippen LogP contribution < -0.4 is 9.80 Å². The van der Waals surface area contributed by atoms with Crippen molar-refractivity contribution < 1.29 is 80.4 Å². The van der Waals surface area contributed by atoms with Gasteiger partial charge in [0.05, 0.1) is 0 Å². The van der Waals surface area contributed by atoms with Gasteiger partial charge < -0.3 is 44.7 Å². The molecule has 643 valence electrons. The molecule has 9 nitrogen and oxygen atoms in total. The van der Waals surface area contributed by atoms with Crippen molar-refractivity contribution in [2.24, 2.45) is 5.92 Å². The third-order valence-electron chi connectivity index (χ3n) is 19.3. The van der Waals surface area contributed by atoms with Crippen molar-refractivity contribution >= 4 is 11.4 Å². The normalized spacial score (nSPS) is 10.4. The summed E-state index contributed by atoms with van der Waals surface area (Å²) in [6.07, 6.45) is 16.1. The summed E-state index contributed by atoms with van der Waals surface area (Å²) in [4.78, 5) is 34.9. The zero-order valence-corrected chi connectivity index (χ0v) is 81.2. The van der Waals surface area contributed by atoms with Crippen molar-refractivity contribution in [1.29, 1.82) is 0 Å². The summed E-state index contributed by atoms with van der Waals surface area (Å²) in [6, 6.07) is 162. The number of pyridine rings is 7. The number of para-hydroxylation sites is 2. The first-order valence-corrected chi connectivity index (χ1v) is 41.4. The zero-order chi connectivity index (χ0) is 85.9. The molecule has 0 N–H and O–H groups in total. The summed E-state index contributed by atoms with van der Waals surface area (Å²) < 4.78 is 0. The molecule has 1 aliphatic rings. The van der Waals surface area contributed by atoms with Crippen LogP contribution in [0.5, 0.6) is 0 Å². The molecule has 8 heterocycles. The number of rotatable bonds is 14. The number of anilines is 2. The van der Waals surface area contributed by atoms with Crippen LogP contribution in [0.3, 0.4) is 0 Å². The Bertz CT molecular complexity index is 5890. The predicted molar refractivity (Wildman–Crippen MR) is 514 cm³/mol. The molecule has 3 radical (unpaired) electrons. The number of hydrogen-bond donors (Lipinski definition) is 0. The molecular weight excluding hydrogens is 2290 g/mol. The summed E-state index contributed by atoms with van der Waals surface area (Å²) in [5.74, 6) is 0.641. The second-order valence-corrected chi connectivity index (χ2v) is 28.8. The number of hydrogen-bond acceptors (Lipinski definition) is 9. The van der Waals surface area contributed by atoms with Gasteiger partial charge in [0.25, 0.3) is 0 Å². The number of benzene rings is 12. The Morgan fingerprint density at radius 1 is 0.271 bits per heavy atom. The van der Waals surface area contributed by atoms with E-state index < -0.39 is 0 Å². The first kappa shape index (κ1) is 99.4. The third kappa shape index (κ3) is 31.9. The Morgan fingerprint density at radius 2 is 0.659 bits per heavy atom. The topological polar surface area (TPSA) is 96.7 Å². The standard InChI is InChI=1S/2C18H14N.C17H12N.C15H12N2.C15H16N.3C11H8N.4Ir/c1-14-12-18(16-10-6-3-7-11-16)19-13-17(14)15-8-4-2-5-9-15;1-14-7-5-6-10-17(14)16-11-12-18(19-13-16)15-8-3-2-4-9-15;1-2-7-14(8-3-1)15-9-6-10-16(13-15)17-11-4-5-12-18-17;1-3-7-14(8-4-1)16-11-12-17(13-16)15-9-5-2-6-10-15;1-12(2)11-14-9-6-10-15(16-14)13-7-4-3-5-8-13;3*1-2-6-10(7-3-1)11-8-4-5-9-12-11;;;;/h2-10,12-13H,1H3;2-8,10-13H,1H3;1-9,11-13H;1-9,11-13H;3-7,9-10,12H,11H2,1-2H3;3*1-6,8-9H;;;;/q3*-1;-2;4*-1;;;;+3.